The summed E-state index contributed by atoms with van der Waals surface area (Å²) in [6.45, 7) is 0. The van der Waals surface area contributed by atoms with Crippen molar-refractivity contribution >= 4 is 33.8 Å². The molecule has 2 aromatic rings. The minimum absolute atomic E-state index is 0.192. The lowest BCUT2D eigenvalue weighted by Crippen LogP contribution is -2.41. The Labute approximate surface area is 196 Å². The summed E-state index contributed by atoms with van der Waals surface area (Å²) >= 11 is 3.36. The summed E-state index contributed by atoms with van der Waals surface area (Å²) < 4.78 is 12.5. The van der Waals surface area contributed by atoms with Gasteiger partial charge in [-0.2, -0.15) is 0 Å². The largest absolute Gasteiger partial charge is 0.493 e. The third-order valence-electron chi connectivity index (χ3n) is 5.89. The summed E-state index contributed by atoms with van der Waals surface area (Å²) in [5.74, 6) is 0.722. The van der Waals surface area contributed by atoms with Crippen LogP contribution in [-0.4, -0.2) is 47.1 Å². The molecule has 0 N–H and O–H groups in total. The van der Waals surface area contributed by atoms with Gasteiger partial charge < -0.3 is 9.47 Å². The molecule has 1 unspecified atom stereocenters. The van der Waals surface area contributed by atoms with Crippen LogP contribution >= 0.6 is 15.9 Å². The minimum atomic E-state index is -0.393. The lowest BCUT2D eigenvalue weighted by atomic mass is 10.0. The maximum absolute atomic E-state index is 12.8. The fraction of sp³-hybridized carbons (Fsp3) is 0.375. The Bertz CT molecular complexity index is 1040. The highest BCUT2D eigenvalue weighted by Gasteiger charge is 2.39. The fourth-order valence-electron chi connectivity index (χ4n) is 4.25. The van der Waals surface area contributed by atoms with Gasteiger partial charge in [0.05, 0.1) is 25.7 Å². The number of rotatable bonds is 6. The van der Waals surface area contributed by atoms with E-state index in [0.717, 1.165) is 28.4 Å². The average molecular weight is 500 g/mol. The smallest absolute Gasteiger partial charge is 0.267 e. The highest BCUT2D eigenvalue weighted by molar-refractivity contribution is 9.10. The number of aromatic nitrogens is 1. The first-order valence-corrected chi connectivity index (χ1v) is 11.5. The zero-order valence-corrected chi connectivity index (χ0v) is 19.7. The van der Waals surface area contributed by atoms with Crippen molar-refractivity contribution < 1.29 is 19.1 Å². The molecule has 1 aliphatic carbocycles. The molecule has 1 aromatic heterocycles. The fourth-order valence-corrected chi connectivity index (χ4v) is 4.63. The number of hydrogen-bond donors (Lipinski definition) is 0. The van der Waals surface area contributed by atoms with E-state index in [1.165, 1.54) is 23.9 Å². The van der Waals surface area contributed by atoms with Gasteiger partial charge in [-0.25, -0.2) is 10.0 Å². The Morgan fingerprint density at radius 3 is 2.69 bits per heavy atom. The van der Waals surface area contributed by atoms with Crippen molar-refractivity contribution in [1.82, 2.24) is 15.0 Å². The number of ether oxygens (including phenoxy) is 2. The zero-order valence-electron chi connectivity index (χ0n) is 18.2. The number of methoxy groups -OCH3 is 1. The van der Waals surface area contributed by atoms with E-state index in [-0.39, 0.29) is 24.5 Å². The number of carbonyl (C=O) groups excluding carboxylic acids is 2. The molecule has 1 aliphatic heterocycles. The topological polar surface area (TPSA) is 72.0 Å². The van der Waals surface area contributed by atoms with E-state index in [0.29, 0.717) is 11.5 Å². The van der Waals surface area contributed by atoms with Crippen molar-refractivity contribution in [1.29, 1.82) is 0 Å². The van der Waals surface area contributed by atoms with Crippen LogP contribution in [-0.2, 0) is 9.59 Å². The Kier molecular flexibility index (Phi) is 6.91. The lowest BCUT2D eigenvalue weighted by molar-refractivity contribution is -0.151. The SMILES string of the molecule is COc1ccc(C2CC(=O)N(C(=O)/C=C/c3cncc(Br)c3)N2C)cc1OC1CCCC1. The predicted molar refractivity (Wildman–Crippen MR) is 124 cm³/mol. The molecule has 32 heavy (non-hydrogen) atoms. The van der Waals surface area contributed by atoms with E-state index >= 15 is 0 Å². The molecule has 2 fully saturated rings. The Balaban J connectivity index is 1.51. The summed E-state index contributed by atoms with van der Waals surface area (Å²) in [4.78, 5) is 29.6. The Morgan fingerprint density at radius 1 is 1.19 bits per heavy atom. The average Bonchev–Trinajstić information content (AvgIpc) is 3.39. The highest BCUT2D eigenvalue weighted by Crippen LogP contribution is 2.38. The number of benzene rings is 1. The van der Waals surface area contributed by atoms with Gasteiger partial charge in [0.2, 0.25) is 5.91 Å². The number of carbonyl (C=O) groups is 2. The van der Waals surface area contributed by atoms with Crippen LogP contribution in [0.1, 0.15) is 49.3 Å². The van der Waals surface area contributed by atoms with Gasteiger partial charge in [-0.3, -0.25) is 14.6 Å². The number of hydrogen-bond acceptors (Lipinski definition) is 6. The molecule has 1 saturated heterocycles. The maximum Gasteiger partial charge on any atom is 0.267 e. The standard InChI is InChI=1S/C24H26BrN3O4/c1-27-20(17-8-9-21(31-2)22(12-17)32-19-5-3-4-6-19)13-24(30)28(27)23(29)10-7-16-11-18(25)15-26-14-16/h7-12,14-15,19-20H,3-6,13H2,1-2H3/b10-7+. The van der Waals surface area contributed by atoms with Crippen molar-refractivity contribution in [3.63, 3.8) is 0 Å². The van der Waals surface area contributed by atoms with Crippen LogP contribution in [0.25, 0.3) is 6.08 Å². The molecule has 7 nitrogen and oxygen atoms in total. The van der Waals surface area contributed by atoms with Crippen LogP contribution in [0.3, 0.4) is 0 Å². The van der Waals surface area contributed by atoms with Crippen LogP contribution < -0.4 is 9.47 Å². The number of amides is 2. The van der Waals surface area contributed by atoms with Crippen molar-refractivity contribution in [3.05, 3.63) is 58.3 Å². The van der Waals surface area contributed by atoms with E-state index in [4.69, 9.17) is 9.47 Å². The van der Waals surface area contributed by atoms with E-state index < -0.39 is 5.91 Å². The van der Waals surface area contributed by atoms with E-state index in [2.05, 4.69) is 20.9 Å². The third-order valence-corrected chi connectivity index (χ3v) is 6.33. The highest BCUT2D eigenvalue weighted by atomic mass is 79.9. The maximum atomic E-state index is 12.8. The number of nitrogens with zero attached hydrogens (tertiary/aromatic N) is 3. The number of pyridine rings is 1. The van der Waals surface area contributed by atoms with Gasteiger partial charge in [0.25, 0.3) is 5.91 Å². The summed E-state index contributed by atoms with van der Waals surface area (Å²) in [6, 6.07) is 7.30. The molecule has 168 valence electrons. The summed E-state index contributed by atoms with van der Waals surface area (Å²) in [6.07, 6.45) is 11.2. The second-order valence-electron chi connectivity index (χ2n) is 8.04. The lowest BCUT2D eigenvalue weighted by Gasteiger charge is -2.26. The quantitative estimate of drug-likeness (QED) is 0.543. The molecule has 4 rings (SSSR count). The van der Waals surface area contributed by atoms with Crippen LogP contribution in [0.15, 0.2) is 47.2 Å². The van der Waals surface area contributed by atoms with Gasteiger partial charge in [-0.15, -0.1) is 0 Å². The molecule has 1 atom stereocenters. The first-order valence-electron chi connectivity index (χ1n) is 10.7. The van der Waals surface area contributed by atoms with Crippen LogP contribution in [0.2, 0.25) is 0 Å². The molecule has 0 bridgehead atoms. The van der Waals surface area contributed by atoms with Crippen molar-refractivity contribution in [2.45, 2.75) is 44.2 Å². The Hall–Kier alpha value is -2.71. The first kappa shape index (κ1) is 22.5. The van der Waals surface area contributed by atoms with E-state index in [1.807, 2.05) is 24.3 Å². The molecule has 0 spiro atoms. The molecule has 1 saturated carbocycles. The third kappa shape index (κ3) is 4.86. The molecule has 2 aliphatic rings. The van der Waals surface area contributed by atoms with E-state index in [1.54, 1.807) is 37.6 Å². The predicted octanol–water partition coefficient (Wildman–Crippen LogP) is 4.53. The zero-order chi connectivity index (χ0) is 22.7. The molecule has 0 radical (unpaired) electrons. The van der Waals surface area contributed by atoms with E-state index in [9.17, 15) is 9.59 Å². The summed E-state index contributed by atoms with van der Waals surface area (Å²) in [5.41, 5.74) is 1.67. The molecular weight excluding hydrogens is 474 g/mol. The van der Waals surface area contributed by atoms with Gasteiger partial charge in [0.1, 0.15) is 0 Å². The van der Waals surface area contributed by atoms with Crippen molar-refractivity contribution in [2.75, 3.05) is 14.2 Å². The Morgan fingerprint density at radius 2 is 1.97 bits per heavy atom. The number of imide groups is 1. The van der Waals surface area contributed by atoms with Crippen LogP contribution in [0.5, 0.6) is 11.5 Å². The second kappa shape index (κ2) is 9.83. The second-order valence-corrected chi connectivity index (χ2v) is 8.96. The number of halogens is 1. The van der Waals surface area contributed by atoms with Crippen molar-refractivity contribution in [3.8, 4) is 11.5 Å². The molecule has 1 aromatic carbocycles. The summed E-state index contributed by atoms with van der Waals surface area (Å²) in [5, 5.41) is 2.88. The van der Waals surface area contributed by atoms with Gasteiger partial charge in [0.15, 0.2) is 11.5 Å². The first-order chi connectivity index (χ1) is 15.5. The van der Waals surface area contributed by atoms with Crippen LogP contribution in [0.4, 0.5) is 0 Å². The van der Waals surface area contributed by atoms with Crippen LogP contribution in [0, 0.1) is 0 Å². The van der Waals surface area contributed by atoms with Crippen molar-refractivity contribution in [2.24, 2.45) is 0 Å². The van der Waals surface area contributed by atoms with Gasteiger partial charge in [-0.05, 0) is 77.0 Å². The number of hydrazine groups is 1. The molecule has 2 heterocycles. The van der Waals surface area contributed by atoms with Gasteiger partial charge in [0, 0.05) is 30.0 Å². The minimum Gasteiger partial charge on any atom is -0.493 e. The monoisotopic (exact) mass is 499 g/mol. The molecule has 2 amide bonds. The molecular formula is C24H26BrN3O4. The normalized spacial score (nSPS) is 19.8. The summed E-state index contributed by atoms with van der Waals surface area (Å²) in [7, 11) is 3.37. The van der Waals surface area contributed by atoms with Gasteiger partial charge in [-0.1, -0.05) is 6.07 Å². The molecule has 8 heteroatoms. The van der Waals surface area contributed by atoms with Gasteiger partial charge >= 0.3 is 0 Å².